The van der Waals surface area contributed by atoms with Gasteiger partial charge in [-0.1, -0.05) is 0 Å². The molecule has 0 aromatic carbocycles. The molecule has 1 fully saturated rings. The van der Waals surface area contributed by atoms with E-state index in [4.69, 9.17) is 5.11 Å². The lowest BCUT2D eigenvalue weighted by Gasteiger charge is -2.23. The Morgan fingerprint density at radius 2 is 2.00 bits per heavy atom. The van der Waals surface area contributed by atoms with Crippen molar-refractivity contribution in [1.82, 2.24) is 0 Å². The zero-order valence-electron chi connectivity index (χ0n) is 6.17. The van der Waals surface area contributed by atoms with Crippen LogP contribution in [0.25, 0.3) is 0 Å². The van der Waals surface area contributed by atoms with Crippen molar-refractivity contribution in [3.63, 3.8) is 0 Å². The highest BCUT2D eigenvalue weighted by Gasteiger charge is 2.43. The molecule has 1 rings (SSSR count). The fraction of sp³-hybridized carbons (Fsp3) is 0.714. The van der Waals surface area contributed by atoms with E-state index in [0.717, 1.165) is 0 Å². The quantitative estimate of drug-likeness (QED) is 0.602. The molecule has 1 N–H and O–H groups in total. The van der Waals surface area contributed by atoms with Gasteiger partial charge in [0.15, 0.2) is 12.0 Å². The zero-order valence-corrected chi connectivity index (χ0v) is 6.17. The molecule has 0 aromatic rings. The van der Waals surface area contributed by atoms with Gasteiger partial charge < -0.3 is 5.11 Å². The van der Waals surface area contributed by atoms with E-state index in [9.17, 15) is 18.4 Å². The van der Waals surface area contributed by atoms with Gasteiger partial charge in [-0.3, -0.25) is 9.59 Å². The molecule has 1 saturated carbocycles. The second-order valence-electron chi connectivity index (χ2n) is 2.78. The summed E-state index contributed by atoms with van der Waals surface area (Å²) in [7, 11) is 0. The number of carboxylic acids is 1. The molecule has 68 valence electrons. The van der Waals surface area contributed by atoms with Crippen molar-refractivity contribution >= 4 is 11.8 Å². The van der Waals surface area contributed by atoms with Gasteiger partial charge in [-0.05, 0) is 12.8 Å². The van der Waals surface area contributed by atoms with E-state index >= 15 is 0 Å². The number of alkyl halides is 2. The number of rotatable bonds is 1. The lowest BCUT2D eigenvalue weighted by Crippen LogP contribution is -2.42. The molecule has 0 radical (unpaired) electrons. The lowest BCUT2D eigenvalue weighted by molar-refractivity contribution is -0.153. The molecule has 0 aliphatic heterocycles. The highest BCUT2D eigenvalue weighted by atomic mass is 19.1. The Labute approximate surface area is 67.4 Å². The first-order chi connectivity index (χ1) is 5.54. The van der Waals surface area contributed by atoms with Crippen molar-refractivity contribution in [3.05, 3.63) is 0 Å². The molecule has 0 saturated heterocycles. The van der Waals surface area contributed by atoms with Crippen LogP contribution in [-0.4, -0.2) is 29.2 Å². The first-order valence-corrected chi connectivity index (χ1v) is 3.58. The van der Waals surface area contributed by atoms with E-state index in [1.807, 2.05) is 0 Å². The second kappa shape index (κ2) is 3.16. The maximum Gasteiger partial charge on any atom is 0.317 e. The van der Waals surface area contributed by atoms with Gasteiger partial charge in [0.25, 0.3) is 0 Å². The fourth-order valence-electron chi connectivity index (χ4n) is 1.26. The summed E-state index contributed by atoms with van der Waals surface area (Å²) < 4.78 is 25.3. The Morgan fingerprint density at radius 3 is 2.42 bits per heavy atom. The summed E-state index contributed by atoms with van der Waals surface area (Å²) in [5.41, 5.74) is 0. The normalized spacial score (nSPS) is 36.5. The molecule has 3 nitrogen and oxygen atoms in total. The molecule has 0 amide bonds. The number of halogens is 2. The number of Topliss-reactive ketones (excluding diaryl/α,β-unsaturated/α-hetero) is 1. The average Bonchev–Trinajstić information content (AvgIpc) is 1.97. The van der Waals surface area contributed by atoms with Gasteiger partial charge in [0.2, 0.25) is 0 Å². The van der Waals surface area contributed by atoms with Gasteiger partial charge in [0, 0.05) is 0 Å². The van der Waals surface area contributed by atoms with E-state index in [1.54, 1.807) is 0 Å². The third-order valence-electron chi connectivity index (χ3n) is 1.94. The van der Waals surface area contributed by atoms with Crippen molar-refractivity contribution in [3.8, 4) is 0 Å². The van der Waals surface area contributed by atoms with Gasteiger partial charge in [0.05, 0.1) is 0 Å². The van der Waals surface area contributed by atoms with Crippen LogP contribution in [0.4, 0.5) is 8.78 Å². The van der Waals surface area contributed by atoms with E-state index in [0.29, 0.717) is 0 Å². The first-order valence-electron chi connectivity index (χ1n) is 3.58. The fourth-order valence-corrected chi connectivity index (χ4v) is 1.26. The van der Waals surface area contributed by atoms with Crippen molar-refractivity contribution < 1.29 is 23.5 Å². The molecule has 3 atom stereocenters. The Hall–Kier alpha value is -1.00. The van der Waals surface area contributed by atoms with Crippen molar-refractivity contribution in [2.24, 2.45) is 5.92 Å². The average molecular weight is 178 g/mol. The summed E-state index contributed by atoms with van der Waals surface area (Å²) in [6, 6.07) is 0. The summed E-state index contributed by atoms with van der Waals surface area (Å²) in [4.78, 5) is 21.1. The van der Waals surface area contributed by atoms with Gasteiger partial charge in [-0.15, -0.1) is 0 Å². The summed E-state index contributed by atoms with van der Waals surface area (Å²) in [6.45, 7) is 0. The number of hydrogen-bond acceptors (Lipinski definition) is 2. The monoisotopic (exact) mass is 178 g/mol. The van der Waals surface area contributed by atoms with Crippen LogP contribution in [0.5, 0.6) is 0 Å². The van der Waals surface area contributed by atoms with E-state index in [-0.39, 0.29) is 12.8 Å². The maximum atomic E-state index is 12.8. The number of carbonyl (C=O) groups is 2. The Kier molecular flexibility index (Phi) is 2.40. The van der Waals surface area contributed by atoms with Crippen LogP contribution in [-0.2, 0) is 9.59 Å². The third kappa shape index (κ3) is 1.44. The largest absolute Gasteiger partial charge is 0.481 e. The summed E-state index contributed by atoms with van der Waals surface area (Å²) in [5, 5.41) is 8.37. The Balaban J connectivity index is 2.79. The minimum Gasteiger partial charge on any atom is -0.481 e. The molecule has 5 heteroatoms. The zero-order chi connectivity index (χ0) is 9.30. The molecule has 0 heterocycles. The van der Waals surface area contributed by atoms with Crippen LogP contribution in [0.3, 0.4) is 0 Å². The molecular formula is C7H8F2O3. The molecule has 0 aromatic heterocycles. The van der Waals surface area contributed by atoms with Crippen LogP contribution < -0.4 is 0 Å². The van der Waals surface area contributed by atoms with Crippen molar-refractivity contribution in [2.45, 2.75) is 25.2 Å². The van der Waals surface area contributed by atoms with Crippen LogP contribution in [0.1, 0.15) is 12.8 Å². The number of ketones is 1. The standard InChI is InChI=1S/C7H8F2O3/c8-3-1-2-4(9)6(10)5(3)7(11)12/h3-5H,1-2H2,(H,11,12). The van der Waals surface area contributed by atoms with Gasteiger partial charge in [-0.25, -0.2) is 8.78 Å². The molecular weight excluding hydrogens is 170 g/mol. The minimum absolute atomic E-state index is 0.191. The molecule has 1 aliphatic carbocycles. The topological polar surface area (TPSA) is 54.4 Å². The van der Waals surface area contributed by atoms with Crippen molar-refractivity contribution in [1.29, 1.82) is 0 Å². The van der Waals surface area contributed by atoms with E-state index < -0.39 is 30.0 Å². The van der Waals surface area contributed by atoms with Gasteiger partial charge in [0.1, 0.15) is 12.1 Å². The predicted octanol–water partition coefficient (Wildman–Crippen LogP) is 0.726. The maximum absolute atomic E-state index is 12.8. The van der Waals surface area contributed by atoms with Crippen LogP contribution in [0.2, 0.25) is 0 Å². The summed E-state index contributed by atoms with van der Waals surface area (Å²) in [5.74, 6) is -4.51. The highest BCUT2D eigenvalue weighted by Crippen LogP contribution is 2.26. The van der Waals surface area contributed by atoms with Crippen LogP contribution in [0.15, 0.2) is 0 Å². The van der Waals surface area contributed by atoms with E-state index in [1.165, 1.54) is 0 Å². The molecule has 0 spiro atoms. The number of carbonyl (C=O) groups excluding carboxylic acids is 1. The van der Waals surface area contributed by atoms with Crippen LogP contribution >= 0.6 is 0 Å². The number of carboxylic acid groups (broad SMARTS) is 1. The predicted molar refractivity (Wildman–Crippen MR) is 35.2 cm³/mol. The van der Waals surface area contributed by atoms with Gasteiger partial charge >= 0.3 is 5.97 Å². The van der Waals surface area contributed by atoms with Gasteiger partial charge in [-0.2, -0.15) is 0 Å². The lowest BCUT2D eigenvalue weighted by atomic mass is 9.85. The van der Waals surface area contributed by atoms with E-state index in [2.05, 4.69) is 0 Å². The molecule has 12 heavy (non-hydrogen) atoms. The summed E-state index contributed by atoms with van der Waals surface area (Å²) >= 11 is 0. The minimum atomic E-state index is -1.81. The second-order valence-corrected chi connectivity index (χ2v) is 2.78. The Bertz CT molecular complexity index is 217. The smallest absolute Gasteiger partial charge is 0.317 e. The van der Waals surface area contributed by atoms with Crippen LogP contribution in [0, 0.1) is 5.92 Å². The number of aliphatic carboxylic acids is 1. The Morgan fingerprint density at radius 1 is 1.42 bits per heavy atom. The number of hydrogen-bond donors (Lipinski definition) is 1. The first kappa shape index (κ1) is 9.09. The summed E-state index contributed by atoms with van der Waals surface area (Å²) in [6.07, 6.45) is -3.94. The molecule has 0 bridgehead atoms. The SMILES string of the molecule is O=C(O)C1C(=O)C(F)CCC1F. The van der Waals surface area contributed by atoms with Crippen molar-refractivity contribution in [2.75, 3.05) is 0 Å². The third-order valence-corrected chi connectivity index (χ3v) is 1.94. The molecule has 3 unspecified atom stereocenters. The highest BCUT2D eigenvalue weighted by molar-refractivity contribution is 6.01. The molecule has 1 aliphatic rings.